The second kappa shape index (κ2) is 9.98. The predicted molar refractivity (Wildman–Crippen MR) is 155 cm³/mol. The van der Waals surface area contributed by atoms with Crippen LogP contribution in [0.5, 0.6) is 0 Å². The van der Waals surface area contributed by atoms with Gasteiger partial charge in [-0.25, -0.2) is 0 Å². The molecule has 218 valence electrons. The first-order valence-electron chi connectivity index (χ1n) is 16.1. The second-order valence-electron chi connectivity index (χ2n) is 14.9. The summed E-state index contributed by atoms with van der Waals surface area (Å²) in [5, 5.41) is 0. The van der Waals surface area contributed by atoms with Crippen LogP contribution in [0.15, 0.2) is 24.3 Å². The van der Waals surface area contributed by atoms with Gasteiger partial charge in [0.05, 0.1) is 18.2 Å². The second-order valence-corrected chi connectivity index (χ2v) is 14.9. The predicted octanol–water partition coefficient (Wildman–Crippen LogP) is 7.39. The summed E-state index contributed by atoms with van der Waals surface area (Å²) < 4.78 is 4.95. The third kappa shape index (κ3) is 3.96. The lowest BCUT2D eigenvalue weighted by atomic mass is 9.40. The van der Waals surface area contributed by atoms with E-state index in [0.717, 1.165) is 37.5 Å². The molecule has 1 aromatic rings. The van der Waals surface area contributed by atoms with Crippen LogP contribution >= 0.6 is 0 Å². The number of imide groups is 1. The van der Waals surface area contributed by atoms with Crippen molar-refractivity contribution in [1.29, 1.82) is 0 Å². The highest BCUT2D eigenvalue weighted by Gasteiger charge is 2.64. The Morgan fingerprint density at radius 2 is 1.68 bits per heavy atom. The summed E-state index contributed by atoms with van der Waals surface area (Å²) in [4.78, 5) is 40.1. The number of esters is 1. The number of rotatable bonds is 5. The van der Waals surface area contributed by atoms with E-state index < -0.39 is 0 Å². The molecule has 0 saturated heterocycles. The number of ether oxygens (including phenoxy) is 1. The molecule has 4 fully saturated rings. The lowest BCUT2D eigenvalue weighted by Gasteiger charge is -2.65. The van der Waals surface area contributed by atoms with Gasteiger partial charge < -0.3 is 4.74 Å². The molecular weight excluding hydrogens is 498 g/mol. The Balaban J connectivity index is 1.21. The van der Waals surface area contributed by atoms with Crippen LogP contribution in [-0.4, -0.2) is 35.8 Å². The maximum Gasteiger partial charge on any atom is 0.305 e. The molecule has 2 amide bonds. The standard InChI is InChI=1S/C35H49NO4/c1-20(11-14-30(37)40-6)27-12-13-28-31-21(2)17-23-19-24(36-32(38)25-9-7-8-10-26(25)33(36)39)15-16-34(23,4)29(31)18-22(3)35(27,28)5/h7-10,20-24,27-29,31H,11-19H2,1-6H3. The van der Waals surface area contributed by atoms with E-state index >= 15 is 0 Å². The molecule has 11 unspecified atom stereocenters. The van der Waals surface area contributed by atoms with Gasteiger partial charge in [0.25, 0.3) is 11.8 Å². The van der Waals surface area contributed by atoms with Gasteiger partial charge in [0.15, 0.2) is 0 Å². The van der Waals surface area contributed by atoms with E-state index in [2.05, 4.69) is 34.6 Å². The molecule has 0 N–H and O–H groups in total. The molecule has 0 bridgehead atoms. The molecule has 5 aliphatic rings. The fourth-order valence-electron chi connectivity index (χ4n) is 11.3. The quantitative estimate of drug-likeness (QED) is 0.285. The van der Waals surface area contributed by atoms with Crippen molar-refractivity contribution in [3.8, 4) is 0 Å². The minimum atomic E-state index is -0.0868. The van der Waals surface area contributed by atoms with Gasteiger partial charge in [0.1, 0.15) is 0 Å². The van der Waals surface area contributed by atoms with Crippen molar-refractivity contribution in [3.63, 3.8) is 0 Å². The molecule has 11 atom stereocenters. The molecule has 1 aromatic carbocycles. The minimum Gasteiger partial charge on any atom is -0.469 e. The first kappa shape index (κ1) is 28.0. The fraction of sp³-hybridized carbons (Fsp3) is 0.743. The normalized spacial score (nSPS) is 43.0. The molecule has 1 aliphatic heterocycles. The van der Waals surface area contributed by atoms with Crippen LogP contribution in [0, 0.1) is 58.2 Å². The van der Waals surface area contributed by atoms with Crippen molar-refractivity contribution in [2.24, 2.45) is 58.2 Å². The van der Waals surface area contributed by atoms with Crippen LogP contribution < -0.4 is 0 Å². The van der Waals surface area contributed by atoms with Crippen LogP contribution in [0.2, 0.25) is 0 Å². The lowest BCUT2D eigenvalue weighted by molar-refractivity contribution is -0.163. The van der Waals surface area contributed by atoms with E-state index in [1.54, 1.807) is 17.0 Å². The van der Waals surface area contributed by atoms with E-state index in [9.17, 15) is 14.4 Å². The molecule has 4 aliphatic carbocycles. The third-order valence-corrected chi connectivity index (χ3v) is 13.6. The van der Waals surface area contributed by atoms with Crippen molar-refractivity contribution in [1.82, 2.24) is 4.90 Å². The average Bonchev–Trinajstić information content (AvgIpc) is 3.42. The van der Waals surface area contributed by atoms with E-state index in [-0.39, 0.29) is 29.2 Å². The van der Waals surface area contributed by atoms with Crippen molar-refractivity contribution >= 4 is 17.8 Å². The number of fused-ring (bicyclic) bond motifs is 6. The van der Waals surface area contributed by atoms with Crippen LogP contribution in [0.3, 0.4) is 0 Å². The molecule has 5 heteroatoms. The number of methoxy groups -OCH3 is 1. The first-order valence-corrected chi connectivity index (χ1v) is 16.1. The fourth-order valence-corrected chi connectivity index (χ4v) is 11.3. The Morgan fingerprint density at radius 1 is 1.00 bits per heavy atom. The van der Waals surface area contributed by atoms with E-state index in [1.165, 1.54) is 32.8 Å². The number of amides is 2. The van der Waals surface area contributed by atoms with Crippen molar-refractivity contribution in [2.75, 3.05) is 7.11 Å². The smallest absolute Gasteiger partial charge is 0.305 e. The minimum absolute atomic E-state index is 0.0204. The molecule has 0 spiro atoms. The lowest BCUT2D eigenvalue weighted by Crippen LogP contribution is -2.60. The van der Waals surface area contributed by atoms with Crippen molar-refractivity contribution in [3.05, 3.63) is 35.4 Å². The zero-order valence-electron chi connectivity index (χ0n) is 25.4. The van der Waals surface area contributed by atoms with Crippen LogP contribution in [0.4, 0.5) is 0 Å². The summed E-state index contributed by atoms with van der Waals surface area (Å²) in [6.07, 6.45) is 9.55. The number of carbonyl (C=O) groups excluding carboxylic acids is 3. The Labute approximate surface area is 240 Å². The molecule has 4 saturated carbocycles. The average molecular weight is 548 g/mol. The maximum absolute atomic E-state index is 13.3. The number of benzene rings is 1. The number of carbonyl (C=O) groups is 3. The summed E-state index contributed by atoms with van der Waals surface area (Å²) in [5.74, 6) is 5.01. The number of nitrogens with zero attached hydrogens (tertiary/aromatic N) is 1. The topological polar surface area (TPSA) is 63.7 Å². The van der Waals surface area contributed by atoms with Gasteiger partial charge in [-0.05, 0) is 122 Å². The SMILES string of the molecule is COC(=O)CCC(C)C1CCC2C3C(C)CC4CC(N5C(=O)c6ccccc6C5=O)CCC4(C)C3CC(C)C12C. The summed E-state index contributed by atoms with van der Waals surface area (Å²) in [5.41, 5.74) is 1.76. The van der Waals surface area contributed by atoms with E-state index in [1.807, 2.05) is 12.1 Å². The highest BCUT2D eigenvalue weighted by atomic mass is 16.5. The van der Waals surface area contributed by atoms with Gasteiger partial charge in [0.2, 0.25) is 0 Å². The Morgan fingerprint density at radius 3 is 2.33 bits per heavy atom. The van der Waals surface area contributed by atoms with Crippen LogP contribution in [0.1, 0.15) is 113 Å². The van der Waals surface area contributed by atoms with E-state index in [0.29, 0.717) is 58.5 Å². The zero-order valence-corrected chi connectivity index (χ0v) is 25.4. The molecule has 40 heavy (non-hydrogen) atoms. The first-order chi connectivity index (χ1) is 19.0. The van der Waals surface area contributed by atoms with Gasteiger partial charge in [-0.1, -0.05) is 46.8 Å². The molecular formula is C35H49NO4. The Bertz CT molecular complexity index is 1160. The largest absolute Gasteiger partial charge is 0.469 e. The summed E-state index contributed by atoms with van der Waals surface area (Å²) >= 11 is 0. The van der Waals surface area contributed by atoms with Crippen molar-refractivity contribution < 1.29 is 19.1 Å². The Hall–Kier alpha value is -2.17. The van der Waals surface area contributed by atoms with Gasteiger partial charge in [-0.15, -0.1) is 0 Å². The summed E-state index contributed by atoms with van der Waals surface area (Å²) in [6.45, 7) is 12.6. The third-order valence-electron chi connectivity index (χ3n) is 13.6. The highest BCUT2D eigenvalue weighted by molar-refractivity contribution is 6.21. The van der Waals surface area contributed by atoms with Gasteiger partial charge in [-0.3, -0.25) is 19.3 Å². The molecule has 6 rings (SSSR count). The van der Waals surface area contributed by atoms with Gasteiger partial charge >= 0.3 is 5.97 Å². The number of hydrogen-bond donors (Lipinski definition) is 0. The van der Waals surface area contributed by atoms with Crippen molar-refractivity contribution in [2.45, 2.75) is 98.4 Å². The monoisotopic (exact) mass is 547 g/mol. The maximum atomic E-state index is 13.3. The summed E-state index contributed by atoms with van der Waals surface area (Å²) in [6, 6.07) is 7.36. The van der Waals surface area contributed by atoms with Crippen LogP contribution in [-0.2, 0) is 9.53 Å². The highest BCUT2D eigenvalue weighted by Crippen LogP contribution is 2.71. The molecule has 0 radical (unpaired) electrons. The Kier molecular flexibility index (Phi) is 6.98. The number of hydrogen-bond acceptors (Lipinski definition) is 4. The van der Waals surface area contributed by atoms with E-state index in [4.69, 9.17) is 4.74 Å². The van der Waals surface area contributed by atoms with Crippen LogP contribution in [0.25, 0.3) is 0 Å². The van der Waals surface area contributed by atoms with Gasteiger partial charge in [0, 0.05) is 12.5 Å². The molecule has 5 nitrogen and oxygen atoms in total. The zero-order chi connectivity index (χ0) is 28.6. The molecule has 0 aromatic heterocycles. The molecule has 1 heterocycles. The van der Waals surface area contributed by atoms with Gasteiger partial charge in [-0.2, -0.15) is 0 Å². The summed E-state index contributed by atoms with van der Waals surface area (Å²) in [7, 11) is 1.49.